The van der Waals surface area contributed by atoms with E-state index in [1.54, 1.807) is 12.8 Å². The van der Waals surface area contributed by atoms with Gasteiger partial charge in [0.25, 0.3) is 0 Å². The molecule has 0 aliphatic heterocycles. The third kappa shape index (κ3) is 3.37. The lowest BCUT2D eigenvalue weighted by molar-refractivity contribution is -0.0749. The van der Waals surface area contributed by atoms with Gasteiger partial charge in [-0.15, -0.1) is 10.2 Å². The van der Waals surface area contributed by atoms with Crippen molar-refractivity contribution in [3.8, 4) is 0 Å². The van der Waals surface area contributed by atoms with Crippen LogP contribution in [0.15, 0.2) is 0 Å². The average Bonchev–Trinajstić information content (AvgIpc) is 3.29. The van der Waals surface area contributed by atoms with Gasteiger partial charge in [0.2, 0.25) is 0 Å². The summed E-state index contributed by atoms with van der Waals surface area (Å²) in [6.07, 6.45) is 15.0. The highest BCUT2D eigenvalue weighted by Crippen LogP contribution is 2.65. The van der Waals surface area contributed by atoms with Crippen molar-refractivity contribution in [3.63, 3.8) is 0 Å². The van der Waals surface area contributed by atoms with Crippen molar-refractivity contribution >= 4 is 0 Å². The van der Waals surface area contributed by atoms with Crippen molar-refractivity contribution in [2.45, 2.75) is 98.4 Å². The van der Waals surface area contributed by atoms with E-state index >= 15 is 0 Å². The Balaban J connectivity index is 1.29. The van der Waals surface area contributed by atoms with E-state index < -0.39 is 0 Å². The van der Waals surface area contributed by atoms with Crippen LogP contribution in [0, 0.1) is 59.7 Å². The summed E-state index contributed by atoms with van der Waals surface area (Å²) in [6.45, 7) is 10.4. The van der Waals surface area contributed by atoms with Gasteiger partial charge in [0.05, 0.1) is 6.54 Å². The van der Waals surface area contributed by atoms with Gasteiger partial charge >= 0.3 is 0 Å². The molecule has 1 aromatic heterocycles. The van der Waals surface area contributed by atoms with Gasteiger partial charge in [0.1, 0.15) is 0 Å². The van der Waals surface area contributed by atoms with Crippen LogP contribution in [-0.2, 0) is 6.54 Å². The Bertz CT molecular complexity index is 713. The van der Waals surface area contributed by atoms with Crippen LogP contribution >= 0.6 is 0 Å². The first kappa shape index (κ1) is 20.0. The van der Waals surface area contributed by atoms with Gasteiger partial charge in [-0.2, -0.15) is 4.80 Å². The average molecular weight is 399 g/mol. The van der Waals surface area contributed by atoms with Crippen molar-refractivity contribution in [1.82, 2.24) is 20.2 Å². The molecule has 0 N–H and O–H groups in total. The lowest BCUT2D eigenvalue weighted by atomic mass is 9.48. The number of aryl methyl sites for hydroxylation is 1. The fraction of sp³-hybridized carbons (Fsp3) is 0.960. The lowest BCUT2D eigenvalue weighted by Gasteiger charge is -2.57. The topological polar surface area (TPSA) is 43.6 Å². The van der Waals surface area contributed by atoms with Crippen molar-refractivity contribution in [2.24, 2.45) is 52.8 Å². The van der Waals surface area contributed by atoms with E-state index in [1.807, 2.05) is 11.7 Å². The van der Waals surface area contributed by atoms with Crippen molar-refractivity contribution in [1.29, 1.82) is 0 Å². The first-order valence-corrected chi connectivity index (χ1v) is 12.7. The smallest absolute Gasteiger partial charge is 0.164 e. The molecule has 29 heavy (non-hydrogen) atoms. The summed E-state index contributed by atoms with van der Waals surface area (Å²) < 4.78 is 0. The molecular formula is C25H42N4. The minimum absolute atomic E-state index is 0.545. The van der Waals surface area contributed by atoms with E-state index in [1.165, 1.54) is 51.4 Å². The van der Waals surface area contributed by atoms with E-state index in [-0.39, 0.29) is 0 Å². The molecule has 162 valence electrons. The molecule has 0 bridgehead atoms. The van der Waals surface area contributed by atoms with E-state index in [2.05, 4.69) is 36.2 Å². The quantitative estimate of drug-likeness (QED) is 0.633. The maximum absolute atomic E-state index is 4.47. The number of hydrogen-bond acceptors (Lipinski definition) is 3. The number of tetrazole rings is 1. The molecule has 4 fully saturated rings. The Hall–Kier alpha value is -0.930. The zero-order valence-electron chi connectivity index (χ0n) is 19.2. The summed E-state index contributed by atoms with van der Waals surface area (Å²) in [6, 6.07) is 0. The molecule has 4 nitrogen and oxygen atoms in total. The minimum atomic E-state index is 0.545. The fourth-order valence-electron chi connectivity index (χ4n) is 9.08. The summed E-state index contributed by atoms with van der Waals surface area (Å²) in [5, 5.41) is 12.8. The van der Waals surface area contributed by atoms with Gasteiger partial charge in [-0.25, -0.2) is 0 Å². The number of nitrogens with zero attached hydrogens (tertiary/aromatic N) is 4. The van der Waals surface area contributed by atoms with Gasteiger partial charge in [-0.3, -0.25) is 0 Å². The maximum atomic E-state index is 4.47. The van der Waals surface area contributed by atoms with Crippen LogP contribution in [0.4, 0.5) is 0 Å². The van der Waals surface area contributed by atoms with E-state index in [0.29, 0.717) is 11.3 Å². The van der Waals surface area contributed by atoms with Crippen LogP contribution in [0.3, 0.4) is 0 Å². The number of aromatic nitrogens is 4. The van der Waals surface area contributed by atoms with Crippen molar-refractivity contribution in [3.05, 3.63) is 5.82 Å². The Labute approximate surface area is 177 Å². The molecule has 4 aliphatic rings. The van der Waals surface area contributed by atoms with Crippen molar-refractivity contribution in [2.75, 3.05) is 0 Å². The van der Waals surface area contributed by atoms with E-state index in [4.69, 9.17) is 0 Å². The first-order valence-electron chi connectivity index (χ1n) is 12.7. The molecule has 3 unspecified atom stereocenters. The van der Waals surface area contributed by atoms with Gasteiger partial charge in [-0.05, 0) is 116 Å². The molecule has 0 saturated heterocycles. The first-order chi connectivity index (χ1) is 14.0. The normalized spacial score (nSPS) is 45.3. The molecule has 1 heterocycles. The number of hydrogen-bond donors (Lipinski definition) is 0. The molecule has 5 rings (SSSR count). The van der Waals surface area contributed by atoms with E-state index in [9.17, 15) is 0 Å². The highest BCUT2D eigenvalue weighted by molar-refractivity contribution is 5.06. The number of rotatable bonds is 4. The molecule has 0 spiro atoms. The lowest BCUT2D eigenvalue weighted by Crippen LogP contribution is -2.49. The summed E-state index contributed by atoms with van der Waals surface area (Å²) in [5.74, 6) is 8.49. The predicted octanol–water partition coefficient (Wildman–Crippen LogP) is 5.91. The Morgan fingerprint density at radius 1 is 1.03 bits per heavy atom. The summed E-state index contributed by atoms with van der Waals surface area (Å²) in [4.78, 5) is 1.85. The summed E-state index contributed by atoms with van der Waals surface area (Å²) in [7, 11) is 0. The molecule has 4 heteroatoms. The highest BCUT2D eigenvalue weighted by Gasteiger charge is 2.57. The van der Waals surface area contributed by atoms with Gasteiger partial charge in [0.15, 0.2) is 5.82 Å². The Morgan fingerprint density at radius 2 is 1.86 bits per heavy atom. The SMILES string of the molecule is CC[C@H]1CC[C@H]2C(CC[C@@H]3C2CC[C@@]2(C)C3CC[C@@H]2[C@@H](C)Cn2nnc(C)n2)C1. The molecular weight excluding hydrogens is 356 g/mol. The fourth-order valence-corrected chi connectivity index (χ4v) is 9.08. The third-order valence-corrected chi connectivity index (χ3v) is 10.4. The monoisotopic (exact) mass is 398 g/mol. The predicted molar refractivity (Wildman–Crippen MR) is 116 cm³/mol. The summed E-state index contributed by atoms with van der Waals surface area (Å²) >= 11 is 0. The van der Waals surface area contributed by atoms with E-state index in [0.717, 1.165) is 53.8 Å². The molecule has 0 radical (unpaired) electrons. The van der Waals surface area contributed by atoms with Crippen LogP contribution in [0.25, 0.3) is 0 Å². The highest BCUT2D eigenvalue weighted by atomic mass is 15.6. The zero-order chi connectivity index (χ0) is 20.2. The molecule has 4 saturated carbocycles. The molecule has 0 amide bonds. The molecule has 4 aliphatic carbocycles. The second-order valence-corrected chi connectivity index (χ2v) is 11.6. The number of fused-ring (bicyclic) bond motifs is 5. The second-order valence-electron chi connectivity index (χ2n) is 11.6. The van der Waals surface area contributed by atoms with Gasteiger partial charge in [0, 0.05) is 0 Å². The minimum Gasteiger partial charge on any atom is -0.164 e. The summed E-state index contributed by atoms with van der Waals surface area (Å²) in [5.41, 5.74) is 0.545. The van der Waals surface area contributed by atoms with Gasteiger partial charge < -0.3 is 0 Å². The zero-order valence-corrected chi connectivity index (χ0v) is 19.2. The van der Waals surface area contributed by atoms with Gasteiger partial charge in [-0.1, -0.05) is 33.6 Å². The van der Waals surface area contributed by atoms with Crippen LogP contribution < -0.4 is 0 Å². The Morgan fingerprint density at radius 3 is 2.62 bits per heavy atom. The third-order valence-electron chi connectivity index (χ3n) is 10.4. The van der Waals surface area contributed by atoms with Crippen LogP contribution in [-0.4, -0.2) is 20.2 Å². The molecule has 1 aromatic rings. The van der Waals surface area contributed by atoms with Crippen molar-refractivity contribution < 1.29 is 0 Å². The van der Waals surface area contributed by atoms with Crippen LogP contribution in [0.1, 0.15) is 90.8 Å². The second kappa shape index (κ2) is 7.64. The van der Waals surface area contributed by atoms with Crippen LogP contribution in [0.5, 0.6) is 0 Å². The maximum Gasteiger partial charge on any atom is 0.171 e. The molecule has 9 atom stereocenters. The van der Waals surface area contributed by atoms with Crippen LogP contribution in [0.2, 0.25) is 0 Å². The Kier molecular flexibility index (Phi) is 5.27. The standard InChI is InChI=1S/C25H42N4/c1-5-18-6-8-20-19(14-18)7-9-22-21(20)12-13-25(4)23(10-11-24(22)25)16(2)15-29-27-17(3)26-28-29/h16,18-24H,5-15H2,1-4H3/t16-,18-,19?,20-,21?,22+,23+,24?,25+/m0/s1. The largest absolute Gasteiger partial charge is 0.171 e. The molecule has 0 aromatic carbocycles.